The first-order valence-corrected chi connectivity index (χ1v) is 21.8. The molecule has 6 rings (SSSR count). The Balaban J connectivity index is 1.53. The third-order valence-corrected chi connectivity index (χ3v) is 11.7. The zero-order valence-corrected chi connectivity index (χ0v) is 27.1. The number of imidazole rings is 1. The van der Waals surface area contributed by atoms with Gasteiger partial charge < -0.3 is 14.8 Å². The van der Waals surface area contributed by atoms with Crippen molar-refractivity contribution in [2.24, 2.45) is 5.41 Å². The van der Waals surface area contributed by atoms with Crippen molar-refractivity contribution >= 4 is 32.9 Å². The van der Waals surface area contributed by atoms with E-state index in [1.807, 2.05) is 6.07 Å². The van der Waals surface area contributed by atoms with Gasteiger partial charge in [-0.05, 0) is 48.7 Å². The predicted octanol–water partition coefficient (Wildman–Crippen LogP) is 7.15. The van der Waals surface area contributed by atoms with Crippen molar-refractivity contribution in [3.63, 3.8) is 0 Å². The summed E-state index contributed by atoms with van der Waals surface area (Å²) in [6.45, 7) is 18.9. The number of aromatic nitrogens is 4. The van der Waals surface area contributed by atoms with Gasteiger partial charge in [0.25, 0.3) is 0 Å². The molecule has 3 aliphatic rings. The molecule has 3 aromatic rings. The van der Waals surface area contributed by atoms with Crippen molar-refractivity contribution in [2.75, 3.05) is 25.6 Å². The molecular weight excluding hydrogens is 526 g/mol. The lowest BCUT2D eigenvalue weighted by atomic mass is 9.54. The second kappa shape index (κ2) is 10.4. The molecule has 214 valence electrons. The van der Waals surface area contributed by atoms with Gasteiger partial charge in [-0.3, -0.25) is 4.57 Å². The summed E-state index contributed by atoms with van der Waals surface area (Å²) < 4.78 is 31.3. The van der Waals surface area contributed by atoms with Gasteiger partial charge in [0, 0.05) is 53.7 Å². The number of benzene rings is 1. The van der Waals surface area contributed by atoms with Gasteiger partial charge in [-0.25, -0.2) is 14.1 Å². The van der Waals surface area contributed by atoms with Gasteiger partial charge in [0.05, 0.1) is 16.7 Å². The van der Waals surface area contributed by atoms with Crippen molar-refractivity contribution in [2.45, 2.75) is 96.9 Å². The lowest BCUT2D eigenvalue weighted by Crippen LogP contribution is -2.41. The molecule has 7 nitrogen and oxygen atoms in total. The first kappa shape index (κ1) is 28.5. The average Bonchev–Trinajstić information content (AvgIpc) is 3.34. The molecule has 2 aromatic heterocycles. The van der Waals surface area contributed by atoms with Crippen LogP contribution in [0.5, 0.6) is 0 Å². The van der Waals surface area contributed by atoms with E-state index in [0.717, 1.165) is 42.2 Å². The zero-order chi connectivity index (χ0) is 28.2. The molecule has 0 amide bonds. The number of ether oxygens (including phenoxy) is 2. The number of anilines is 1. The van der Waals surface area contributed by atoms with E-state index in [1.165, 1.54) is 30.2 Å². The summed E-state index contributed by atoms with van der Waals surface area (Å²) in [5.41, 5.74) is 5.77. The smallest absolute Gasteiger partial charge is 0.163 e. The van der Waals surface area contributed by atoms with Crippen LogP contribution in [0.25, 0.3) is 22.6 Å². The summed E-state index contributed by atoms with van der Waals surface area (Å²) in [6, 6.07) is 5.58. The number of rotatable bonds is 12. The van der Waals surface area contributed by atoms with E-state index in [-0.39, 0.29) is 5.82 Å². The van der Waals surface area contributed by atoms with E-state index in [0.29, 0.717) is 42.6 Å². The molecule has 10 heteroatoms. The maximum Gasteiger partial charge on any atom is 0.163 e. The van der Waals surface area contributed by atoms with Crippen molar-refractivity contribution in [3.8, 4) is 11.5 Å². The van der Waals surface area contributed by atoms with Crippen LogP contribution in [0.4, 0.5) is 10.1 Å². The molecule has 1 saturated carbocycles. The number of hydrogen-bond donors (Lipinski definition) is 1. The highest BCUT2D eigenvalue weighted by Crippen LogP contribution is 2.59. The Morgan fingerprint density at radius 3 is 2.28 bits per heavy atom. The zero-order valence-electron chi connectivity index (χ0n) is 25.1. The molecule has 1 aromatic carbocycles. The summed E-state index contributed by atoms with van der Waals surface area (Å²) >= 11 is 0. The molecule has 0 radical (unpaired) electrons. The van der Waals surface area contributed by atoms with E-state index in [2.05, 4.69) is 60.8 Å². The van der Waals surface area contributed by atoms with Gasteiger partial charge >= 0.3 is 0 Å². The summed E-state index contributed by atoms with van der Waals surface area (Å²) in [4.78, 5) is 4.98. The fourth-order valence-corrected chi connectivity index (χ4v) is 7.51. The van der Waals surface area contributed by atoms with E-state index >= 15 is 0 Å². The second-order valence-electron chi connectivity index (χ2n) is 14.4. The highest BCUT2D eigenvalue weighted by molar-refractivity contribution is 6.76. The summed E-state index contributed by atoms with van der Waals surface area (Å²) in [5, 5.41) is 8.13. The molecule has 0 spiro atoms. The van der Waals surface area contributed by atoms with Crippen molar-refractivity contribution < 1.29 is 13.9 Å². The Morgan fingerprint density at radius 2 is 1.67 bits per heavy atom. The van der Waals surface area contributed by atoms with Crippen LogP contribution in [-0.4, -0.2) is 55.7 Å². The van der Waals surface area contributed by atoms with Crippen LogP contribution in [0, 0.1) is 11.2 Å². The van der Waals surface area contributed by atoms with Gasteiger partial charge in [-0.1, -0.05) is 46.2 Å². The fraction of sp³-hybridized carbons (Fsp3) is 0.655. The number of halogens is 1. The normalized spacial score (nSPS) is 20.8. The van der Waals surface area contributed by atoms with Crippen LogP contribution in [0.2, 0.25) is 51.4 Å². The summed E-state index contributed by atoms with van der Waals surface area (Å²) in [6.07, 6.45) is 3.37. The van der Waals surface area contributed by atoms with Crippen LogP contribution in [0.15, 0.2) is 12.1 Å². The Kier molecular flexibility index (Phi) is 7.62. The van der Waals surface area contributed by atoms with E-state index in [4.69, 9.17) is 19.6 Å². The van der Waals surface area contributed by atoms with Crippen molar-refractivity contribution in [1.29, 1.82) is 0 Å². The first-order valence-electron chi connectivity index (χ1n) is 14.4. The molecule has 0 aliphatic heterocycles. The van der Waals surface area contributed by atoms with Gasteiger partial charge in [-0.15, -0.1) is 0 Å². The van der Waals surface area contributed by atoms with Crippen molar-refractivity contribution in [1.82, 2.24) is 19.3 Å². The third-order valence-electron chi connectivity index (χ3n) is 8.32. The van der Waals surface area contributed by atoms with Crippen LogP contribution in [0.3, 0.4) is 0 Å². The summed E-state index contributed by atoms with van der Waals surface area (Å²) in [7, 11) is -0.654. The van der Waals surface area contributed by atoms with Gasteiger partial charge in [-0.2, -0.15) is 5.10 Å². The maximum atomic E-state index is 14.8. The standard InChI is InChI=1S/C29H46FN5O2Si2/c1-29-15-20(16-29)26-25(17-29)35(19-37-10-12-39(6,7)8)33-27(26)28-32-23-13-21(30)22(31-2)14-24(23)34(28)18-36-9-11-38(3,4)5/h13-14,20,31H,9-12,15-19H2,1-8H3. The second-order valence-corrected chi connectivity index (χ2v) is 25.7. The maximum absolute atomic E-state index is 14.8. The lowest BCUT2D eigenvalue weighted by molar-refractivity contribution is 0.0639. The highest BCUT2D eigenvalue weighted by Gasteiger charge is 2.50. The number of hydrogen-bond acceptors (Lipinski definition) is 5. The van der Waals surface area contributed by atoms with E-state index in [9.17, 15) is 4.39 Å². The molecule has 1 fully saturated rings. The molecule has 2 heterocycles. The van der Waals surface area contributed by atoms with Crippen LogP contribution in [0.1, 0.15) is 36.9 Å². The monoisotopic (exact) mass is 571 g/mol. The van der Waals surface area contributed by atoms with Crippen LogP contribution < -0.4 is 5.32 Å². The largest absolute Gasteiger partial charge is 0.386 e. The average molecular weight is 572 g/mol. The first-order chi connectivity index (χ1) is 18.3. The SMILES string of the molecule is CNc1cc2c(cc1F)nc(-c1nn(COCC[Si](C)(C)C)c3c1C1CC(C)(C3)C1)n2COCC[Si](C)(C)C. The number of nitrogens with one attached hydrogen (secondary N) is 1. The molecule has 0 unspecified atom stereocenters. The van der Waals surface area contributed by atoms with Gasteiger partial charge in [0.15, 0.2) is 5.82 Å². The third kappa shape index (κ3) is 6.03. The van der Waals surface area contributed by atoms with E-state index in [1.54, 1.807) is 7.05 Å². The van der Waals surface area contributed by atoms with Crippen LogP contribution in [-0.2, 0) is 29.4 Å². The van der Waals surface area contributed by atoms with Crippen molar-refractivity contribution in [3.05, 3.63) is 29.2 Å². The molecule has 0 atom stereocenters. The Bertz CT molecular complexity index is 1350. The van der Waals surface area contributed by atoms with Gasteiger partial charge in [0.2, 0.25) is 0 Å². The Morgan fingerprint density at radius 1 is 1.03 bits per heavy atom. The Hall–Kier alpha value is -2.02. The number of fused-ring (bicyclic) bond motifs is 1. The molecule has 2 bridgehead atoms. The minimum atomic E-state index is -1.22. The topological polar surface area (TPSA) is 66.1 Å². The Labute approximate surface area is 234 Å². The highest BCUT2D eigenvalue weighted by atomic mass is 28.3. The molecular formula is C29H46FN5O2Si2. The minimum Gasteiger partial charge on any atom is -0.386 e. The van der Waals surface area contributed by atoms with Gasteiger partial charge in [0.1, 0.15) is 25.0 Å². The minimum absolute atomic E-state index is 0.307. The van der Waals surface area contributed by atoms with E-state index < -0.39 is 16.1 Å². The lowest BCUT2D eigenvalue weighted by Gasteiger charge is -2.50. The predicted molar refractivity (Wildman–Crippen MR) is 162 cm³/mol. The van der Waals surface area contributed by atoms with Crippen LogP contribution >= 0.6 is 0 Å². The molecule has 1 N–H and O–H groups in total. The molecule has 3 aliphatic carbocycles. The molecule has 0 saturated heterocycles. The summed E-state index contributed by atoms with van der Waals surface area (Å²) in [5.74, 6) is 0.937. The fourth-order valence-electron chi connectivity index (χ4n) is 5.99. The molecule has 39 heavy (non-hydrogen) atoms. The quantitative estimate of drug-likeness (QED) is 0.185. The number of nitrogens with zero attached hydrogens (tertiary/aromatic N) is 4.